The number of hydrogen-bond donors (Lipinski definition) is 0. The molecule has 30 heavy (non-hydrogen) atoms. The summed E-state index contributed by atoms with van der Waals surface area (Å²) in [5, 5.41) is 0. The maximum atomic E-state index is 13.1. The van der Waals surface area contributed by atoms with Crippen LogP contribution in [-0.4, -0.2) is 10.7 Å². The van der Waals surface area contributed by atoms with Crippen molar-refractivity contribution < 1.29 is 17.9 Å². The normalized spacial score (nSPS) is 13.4. The fourth-order valence-corrected chi connectivity index (χ4v) is 5.63. The van der Waals surface area contributed by atoms with Crippen LogP contribution in [-0.2, 0) is 19.2 Å². The summed E-state index contributed by atoms with van der Waals surface area (Å²) in [6, 6.07) is 10.1. The number of rotatable bonds is 4. The first-order valence-corrected chi connectivity index (χ1v) is 11.2. The molecule has 0 saturated carbocycles. The molecule has 1 aliphatic heterocycles. The zero-order valence-electron chi connectivity index (χ0n) is 16.4. The number of hydrogen-bond acceptors (Lipinski definition) is 3. The lowest BCUT2D eigenvalue weighted by atomic mass is 9.92. The van der Waals surface area contributed by atoms with Gasteiger partial charge in [0.1, 0.15) is 6.61 Å². The van der Waals surface area contributed by atoms with E-state index < -0.39 is 11.7 Å². The highest BCUT2D eigenvalue weighted by atomic mass is 79.9. The smallest absolute Gasteiger partial charge is 0.416 e. The van der Waals surface area contributed by atoms with Crippen molar-refractivity contribution in [3.8, 4) is 17.0 Å². The molecule has 0 spiro atoms. The van der Waals surface area contributed by atoms with Crippen LogP contribution >= 0.6 is 27.7 Å². The summed E-state index contributed by atoms with van der Waals surface area (Å²) in [4.78, 5) is 5.60. The van der Waals surface area contributed by atoms with Crippen molar-refractivity contribution in [2.75, 3.05) is 5.75 Å². The van der Waals surface area contributed by atoms with Crippen LogP contribution < -0.4 is 4.74 Å². The minimum atomic E-state index is -4.35. The van der Waals surface area contributed by atoms with Gasteiger partial charge >= 0.3 is 6.18 Å². The number of aromatic nitrogens is 1. The molecule has 7 heteroatoms. The number of halogens is 4. The molecule has 156 valence electrons. The molecule has 4 rings (SSSR count). The number of aryl methyl sites for hydroxylation is 3. The summed E-state index contributed by atoms with van der Waals surface area (Å²) >= 11 is 5.39. The van der Waals surface area contributed by atoms with E-state index in [-0.39, 0.29) is 0 Å². The Kier molecular flexibility index (Phi) is 5.86. The van der Waals surface area contributed by atoms with Gasteiger partial charge in [-0.2, -0.15) is 13.2 Å². The van der Waals surface area contributed by atoms with Crippen molar-refractivity contribution in [1.82, 2.24) is 4.98 Å². The molecule has 0 aliphatic carbocycles. The number of nitrogens with zero attached hydrogens (tertiary/aromatic N) is 1. The van der Waals surface area contributed by atoms with Crippen LogP contribution in [0.4, 0.5) is 13.2 Å². The quantitative estimate of drug-likeness (QED) is 0.378. The second kappa shape index (κ2) is 8.27. The fraction of sp³-hybridized carbons (Fsp3) is 0.261. The summed E-state index contributed by atoms with van der Waals surface area (Å²) in [7, 11) is 0. The Morgan fingerprint density at radius 3 is 2.57 bits per heavy atom. The van der Waals surface area contributed by atoms with Gasteiger partial charge in [0.25, 0.3) is 0 Å². The van der Waals surface area contributed by atoms with Crippen LogP contribution in [0.15, 0.2) is 52.0 Å². The van der Waals surface area contributed by atoms with E-state index in [4.69, 9.17) is 4.74 Å². The van der Waals surface area contributed by atoms with Gasteiger partial charge in [-0.3, -0.25) is 0 Å². The fourth-order valence-electron chi connectivity index (χ4n) is 3.74. The highest BCUT2D eigenvalue weighted by Gasteiger charge is 2.31. The first kappa shape index (κ1) is 21.2. The molecule has 0 bridgehead atoms. The molecule has 0 fully saturated rings. The lowest BCUT2D eigenvalue weighted by Gasteiger charge is -2.16. The molecule has 0 unspecified atom stereocenters. The van der Waals surface area contributed by atoms with Crippen molar-refractivity contribution in [1.29, 1.82) is 0 Å². The Bertz CT molecular complexity index is 1090. The van der Waals surface area contributed by atoms with Crippen molar-refractivity contribution in [2.45, 2.75) is 37.9 Å². The SMILES string of the molecule is Cc1cc(C(F)(F)F)cc(C)c1-c1cccc(COc2ncc3c(c2Br)SCC3)c1. The number of thioether (sulfide) groups is 1. The monoisotopic (exact) mass is 493 g/mol. The van der Waals surface area contributed by atoms with E-state index in [1.54, 1.807) is 25.6 Å². The average molecular weight is 494 g/mol. The second-order valence-electron chi connectivity index (χ2n) is 7.30. The largest absolute Gasteiger partial charge is 0.472 e. The van der Waals surface area contributed by atoms with E-state index in [0.29, 0.717) is 23.6 Å². The maximum Gasteiger partial charge on any atom is 0.416 e. The third-order valence-electron chi connectivity index (χ3n) is 5.09. The molecular formula is C23H19BrF3NOS. The minimum Gasteiger partial charge on any atom is -0.472 e. The highest BCUT2D eigenvalue weighted by Crippen LogP contribution is 2.41. The van der Waals surface area contributed by atoms with Crippen molar-refractivity contribution in [3.05, 3.63) is 74.9 Å². The van der Waals surface area contributed by atoms with Crippen molar-refractivity contribution in [3.63, 3.8) is 0 Å². The van der Waals surface area contributed by atoms with E-state index in [0.717, 1.165) is 33.3 Å². The highest BCUT2D eigenvalue weighted by molar-refractivity contribution is 9.10. The van der Waals surface area contributed by atoms with Crippen LogP contribution in [0.25, 0.3) is 11.1 Å². The number of benzene rings is 2. The molecule has 2 aromatic carbocycles. The van der Waals surface area contributed by atoms with Crippen LogP contribution in [0.3, 0.4) is 0 Å². The molecule has 0 saturated heterocycles. The van der Waals surface area contributed by atoms with Crippen LogP contribution in [0.1, 0.15) is 27.8 Å². The summed E-state index contributed by atoms with van der Waals surface area (Å²) in [6.45, 7) is 3.75. The third-order valence-corrected chi connectivity index (χ3v) is 7.25. The van der Waals surface area contributed by atoms with Crippen LogP contribution in [0, 0.1) is 13.8 Å². The Morgan fingerprint density at radius 1 is 1.13 bits per heavy atom. The molecular weight excluding hydrogens is 475 g/mol. The first-order chi connectivity index (χ1) is 14.2. The van der Waals surface area contributed by atoms with E-state index in [2.05, 4.69) is 20.9 Å². The summed E-state index contributed by atoms with van der Waals surface area (Å²) < 4.78 is 46.1. The Labute approximate surface area is 186 Å². The lowest BCUT2D eigenvalue weighted by Crippen LogP contribution is -2.06. The lowest BCUT2D eigenvalue weighted by molar-refractivity contribution is -0.137. The molecule has 1 aromatic heterocycles. The summed E-state index contributed by atoms with van der Waals surface area (Å²) in [5.41, 5.74) is 4.42. The first-order valence-electron chi connectivity index (χ1n) is 9.45. The van der Waals surface area contributed by atoms with Crippen molar-refractivity contribution >= 4 is 27.7 Å². The van der Waals surface area contributed by atoms with E-state index in [1.807, 2.05) is 30.5 Å². The zero-order valence-corrected chi connectivity index (χ0v) is 18.8. The number of alkyl halides is 3. The molecule has 0 N–H and O–H groups in total. The third kappa shape index (κ3) is 4.23. The molecule has 2 heterocycles. The number of pyridine rings is 1. The Hall–Kier alpha value is -1.99. The maximum absolute atomic E-state index is 13.1. The second-order valence-corrected chi connectivity index (χ2v) is 9.20. The number of ether oxygens (including phenoxy) is 1. The molecule has 3 aromatic rings. The van der Waals surface area contributed by atoms with E-state index in [1.165, 1.54) is 22.6 Å². The van der Waals surface area contributed by atoms with Crippen molar-refractivity contribution in [2.24, 2.45) is 0 Å². The zero-order chi connectivity index (χ0) is 21.5. The molecule has 1 aliphatic rings. The van der Waals surface area contributed by atoms with Crippen LogP contribution in [0.5, 0.6) is 5.88 Å². The van der Waals surface area contributed by atoms with Gasteiger partial charge in [0.15, 0.2) is 0 Å². The molecule has 0 atom stereocenters. The summed E-state index contributed by atoms with van der Waals surface area (Å²) in [5.74, 6) is 1.60. The minimum absolute atomic E-state index is 0.321. The Morgan fingerprint density at radius 2 is 1.87 bits per heavy atom. The Balaban J connectivity index is 1.58. The van der Waals surface area contributed by atoms with Gasteiger partial charge in [0, 0.05) is 16.8 Å². The predicted octanol–water partition coefficient (Wildman–Crippen LogP) is 7.37. The van der Waals surface area contributed by atoms with Gasteiger partial charge in [0.2, 0.25) is 5.88 Å². The van der Waals surface area contributed by atoms with E-state index >= 15 is 0 Å². The van der Waals surface area contributed by atoms with E-state index in [9.17, 15) is 13.2 Å². The van der Waals surface area contributed by atoms with Gasteiger partial charge in [-0.1, -0.05) is 18.2 Å². The van der Waals surface area contributed by atoms with Gasteiger partial charge < -0.3 is 4.74 Å². The molecule has 0 amide bonds. The van der Waals surface area contributed by atoms with Gasteiger partial charge in [-0.15, -0.1) is 11.8 Å². The van der Waals surface area contributed by atoms with Gasteiger partial charge in [0.05, 0.1) is 10.0 Å². The van der Waals surface area contributed by atoms with Crippen LogP contribution in [0.2, 0.25) is 0 Å². The van der Waals surface area contributed by atoms with Gasteiger partial charge in [-0.05, 0) is 87.8 Å². The molecule has 2 nitrogen and oxygen atoms in total. The average Bonchev–Trinajstić information content (AvgIpc) is 3.16. The number of fused-ring (bicyclic) bond motifs is 1. The van der Waals surface area contributed by atoms with Gasteiger partial charge in [-0.25, -0.2) is 4.98 Å². The topological polar surface area (TPSA) is 22.1 Å². The summed E-state index contributed by atoms with van der Waals surface area (Å²) in [6.07, 6.45) is -1.47. The predicted molar refractivity (Wildman–Crippen MR) is 117 cm³/mol. The standard InChI is InChI=1S/C23H19BrF3NOS/c1-13-8-18(23(25,26)27)9-14(2)19(13)16-5-3-4-15(10-16)12-29-22-20(24)21-17(11-28-22)6-7-30-21/h3-5,8-11H,6-7,12H2,1-2H3. The molecule has 0 radical (unpaired) electrons.